The van der Waals surface area contributed by atoms with Crippen LogP contribution in [0.15, 0.2) is 18.2 Å². The highest BCUT2D eigenvalue weighted by Crippen LogP contribution is 2.44. The van der Waals surface area contributed by atoms with Crippen molar-refractivity contribution in [3.63, 3.8) is 0 Å². The molecule has 1 aromatic carbocycles. The number of benzene rings is 1. The van der Waals surface area contributed by atoms with Crippen LogP contribution in [0.4, 0.5) is 0 Å². The molecule has 1 amide bonds. The highest BCUT2D eigenvalue weighted by atomic mass is 16.5. The molecule has 23 heavy (non-hydrogen) atoms. The van der Waals surface area contributed by atoms with Gasteiger partial charge in [-0.2, -0.15) is 0 Å². The third kappa shape index (κ3) is 4.18. The number of methoxy groups -OCH3 is 1. The molecule has 0 spiro atoms. The van der Waals surface area contributed by atoms with Gasteiger partial charge in [0.25, 0.3) is 5.91 Å². The first-order valence-corrected chi connectivity index (χ1v) is 8.84. The SMILES string of the molecule is CCCCOc1ccc(C(=O)NC(C2CC2)C2CC2)cc1OC. The Morgan fingerprint density at radius 3 is 2.48 bits per heavy atom. The van der Waals surface area contributed by atoms with Crippen LogP contribution in [-0.4, -0.2) is 25.7 Å². The molecule has 0 bridgehead atoms. The first kappa shape index (κ1) is 16.2. The van der Waals surface area contributed by atoms with Gasteiger partial charge < -0.3 is 14.8 Å². The zero-order valence-corrected chi connectivity index (χ0v) is 14.1. The van der Waals surface area contributed by atoms with E-state index in [-0.39, 0.29) is 5.91 Å². The lowest BCUT2D eigenvalue weighted by Crippen LogP contribution is -2.38. The second-order valence-electron chi connectivity index (χ2n) is 6.74. The van der Waals surface area contributed by atoms with E-state index in [1.54, 1.807) is 13.2 Å². The maximum absolute atomic E-state index is 12.6. The van der Waals surface area contributed by atoms with E-state index in [1.807, 2.05) is 12.1 Å². The first-order chi connectivity index (χ1) is 11.2. The molecule has 1 aromatic rings. The number of ether oxygens (including phenoxy) is 2. The summed E-state index contributed by atoms with van der Waals surface area (Å²) in [6, 6.07) is 5.82. The van der Waals surface area contributed by atoms with Gasteiger partial charge >= 0.3 is 0 Å². The van der Waals surface area contributed by atoms with E-state index in [2.05, 4.69) is 12.2 Å². The lowest BCUT2D eigenvalue weighted by molar-refractivity contribution is 0.0926. The molecule has 2 fully saturated rings. The summed E-state index contributed by atoms with van der Waals surface area (Å²) in [5.74, 6) is 2.74. The van der Waals surface area contributed by atoms with Gasteiger partial charge in [0.15, 0.2) is 11.5 Å². The Morgan fingerprint density at radius 2 is 1.91 bits per heavy atom. The monoisotopic (exact) mass is 317 g/mol. The minimum atomic E-state index is 0.00667. The third-order valence-electron chi connectivity index (χ3n) is 4.74. The molecule has 2 aliphatic carbocycles. The molecule has 3 rings (SSSR count). The van der Waals surface area contributed by atoms with Crippen LogP contribution in [-0.2, 0) is 0 Å². The van der Waals surface area contributed by atoms with Crippen molar-refractivity contribution in [2.24, 2.45) is 11.8 Å². The maximum atomic E-state index is 12.6. The van der Waals surface area contributed by atoms with Gasteiger partial charge in [-0.3, -0.25) is 4.79 Å². The van der Waals surface area contributed by atoms with Crippen molar-refractivity contribution >= 4 is 5.91 Å². The lowest BCUT2D eigenvalue weighted by atomic mass is 10.1. The van der Waals surface area contributed by atoms with E-state index in [0.29, 0.717) is 41.5 Å². The van der Waals surface area contributed by atoms with E-state index >= 15 is 0 Å². The molecule has 2 aliphatic rings. The zero-order valence-electron chi connectivity index (χ0n) is 14.1. The van der Waals surface area contributed by atoms with Crippen molar-refractivity contribution in [3.8, 4) is 11.5 Å². The number of carbonyl (C=O) groups is 1. The molecule has 126 valence electrons. The molecule has 4 nitrogen and oxygen atoms in total. The summed E-state index contributed by atoms with van der Waals surface area (Å²) >= 11 is 0. The van der Waals surface area contributed by atoms with E-state index in [4.69, 9.17) is 9.47 Å². The highest BCUT2D eigenvalue weighted by Gasteiger charge is 2.42. The van der Waals surface area contributed by atoms with Crippen molar-refractivity contribution in [3.05, 3.63) is 23.8 Å². The maximum Gasteiger partial charge on any atom is 0.251 e. The fourth-order valence-corrected chi connectivity index (χ4v) is 3.02. The molecule has 4 heteroatoms. The van der Waals surface area contributed by atoms with E-state index in [1.165, 1.54) is 25.7 Å². The van der Waals surface area contributed by atoms with Crippen LogP contribution in [0.25, 0.3) is 0 Å². The van der Waals surface area contributed by atoms with Gasteiger partial charge in [-0.1, -0.05) is 13.3 Å². The molecule has 0 radical (unpaired) electrons. The average Bonchev–Trinajstić information content (AvgIpc) is 3.46. The summed E-state index contributed by atoms with van der Waals surface area (Å²) in [4.78, 5) is 12.6. The second kappa shape index (κ2) is 7.24. The van der Waals surface area contributed by atoms with Crippen molar-refractivity contribution < 1.29 is 14.3 Å². The Labute approximate surface area is 138 Å². The molecule has 0 unspecified atom stereocenters. The number of nitrogens with one attached hydrogen (secondary N) is 1. The van der Waals surface area contributed by atoms with E-state index in [9.17, 15) is 4.79 Å². The highest BCUT2D eigenvalue weighted by molar-refractivity contribution is 5.95. The Hall–Kier alpha value is -1.71. The van der Waals surface area contributed by atoms with Crippen LogP contribution in [0, 0.1) is 11.8 Å². The molecular formula is C19H27NO3. The minimum absolute atomic E-state index is 0.00667. The van der Waals surface area contributed by atoms with Crippen molar-refractivity contribution in [1.29, 1.82) is 0 Å². The predicted octanol–water partition coefficient (Wildman–Crippen LogP) is 3.79. The second-order valence-corrected chi connectivity index (χ2v) is 6.74. The summed E-state index contributed by atoms with van der Waals surface area (Å²) in [5, 5.41) is 3.24. The van der Waals surface area contributed by atoms with Gasteiger partial charge in [-0.25, -0.2) is 0 Å². The Kier molecular flexibility index (Phi) is 5.09. The molecule has 0 saturated heterocycles. The molecular weight excluding hydrogens is 290 g/mol. The summed E-state index contributed by atoms with van der Waals surface area (Å²) in [6.07, 6.45) is 7.14. The van der Waals surface area contributed by atoms with Gasteiger partial charge in [0, 0.05) is 11.6 Å². The van der Waals surface area contributed by atoms with Crippen LogP contribution in [0.3, 0.4) is 0 Å². The fraction of sp³-hybridized carbons (Fsp3) is 0.632. The number of hydrogen-bond donors (Lipinski definition) is 1. The van der Waals surface area contributed by atoms with E-state index < -0.39 is 0 Å². The fourth-order valence-electron chi connectivity index (χ4n) is 3.02. The summed E-state index contributed by atoms with van der Waals surface area (Å²) < 4.78 is 11.1. The summed E-state index contributed by atoms with van der Waals surface area (Å²) in [5.41, 5.74) is 0.649. The summed E-state index contributed by atoms with van der Waals surface area (Å²) in [6.45, 7) is 2.80. The average molecular weight is 317 g/mol. The van der Waals surface area contributed by atoms with E-state index in [0.717, 1.165) is 12.8 Å². The zero-order chi connectivity index (χ0) is 16.2. The van der Waals surface area contributed by atoms with Crippen LogP contribution in [0.2, 0.25) is 0 Å². The Bertz CT molecular complexity index is 538. The Balaban J connectivity index is 1.65. The van der Waals surface area contributed by atoms with Crippen LogP contribution in [0.1, 0.15) is 55.8 Å². The van der Waals surface area contributed by atoms with Gasteiger partial charge in [0.1, 0.15) is 0 Å². The van der Waals surface area contributed by atoms with Crippen molar-refractivity contribution in [2.75, 3.05) is 13.7 Å². The van der Waals surface area contributed by atoms with Crippen molar-refractivity contribution in [1.82, 2.24) is 5.32 Å². The minimum Gasteiger partial charge on any atom is -0.493 e. The molecule has 1 N–H and O–H groups in total. The van der Waals surface area contributed by atoms with Crippen LogP contribution >= 0.6 is 0 Å². The largest absolute Gasteiger partial charge is 0.493 e. The molecule has 0 heterocycles. The third-order valence-corrected chi connectivity index (χ3v) is 4.74. The smallest absolute Gasteiger partial charge is 0.251 e. The standard InChI is InChI=1S/C19H27NO3/c1-3-4-11-23-16-10-9-15(12-17(16)22-2)19(21)20-18(13-5-6-13)14-7-8-14/h9-10,12-14,18H,3-8,11H2,1-2H3,(H,20,21). The quantitative estimate of drug-likeness (QED) is 0.705. The van der Waals surface area contributed by atoms with Crippen LogP contribution < -0.4 is 14.8 Å². The number of rotatable bonds is 9. The number of hydrogen-bond acceptors (Lipinski definition) is 3. The number of amides is 1. The number of unbranched alkanes of at least 4 members (excludes halogenated alkanes) is 1. The molecule has 2 saturated carbocycles. The molecule has 0 aromatic heterocycles. The predicted molar refractivity (Wildman–Crippen MR) is 90.1 cm³/mol. The van der Waals surface area contributed by atoms with Gasteiger partial charge in [0.05, 0.1) is 13.7 Å². The van der Waals surface area contributed by atoms with Crippen molar-refractivity contribution in [2.45, 2.75) is 51.5 Å². The van der Waals surface area contributed by atoms with Gasteiger partial charge in [-0.05, 0) is 62.1 Å². The Morgan fingerprint density at radius 1 is 1.22 bits per heavy atom. The van der Waals surface area contributed by atoms with Gasteiger partial charge in [0.2, 0.25) is 0 Å². The van der Waals surface area contributed by atoms with Gasteiger partial charge in [-0.15, -0.1) is 0 Å². The lowest BCUT2D eigenvalue weighted by Gasteiger charge is -2.18. The first-order valence-electron chi connectivity index (χ1n) is 8.84. The normalized spacial score (nSPS) is 17.2. The number of carbonyl (C=O) groups excluding carboxylic acids is 1. The topological polar surface area (TPSA) is 47.6 Å². The molecule has 0 aliphatic heterocycles. The summed E-state index contributed by atoms with van der Waals surface area (Å²) in [7, 11) is 1.61. The molecule has 0 atom stereocenters. The van der Waals surface area contributed by atoms with Crippen LogP contribution in [0.5, 0.6) is 11.5 Å².